The van der Waals surface area contributed by atoms with Crippen LogP contribution >= 0.6 is 0 Å². The third-order valence-corrected chi connectivity index (χ3v) is 7.45. The Balaban J connectivity index is 1.73. The molecule has 3 fully saturated rings. The highest BCUT2D eigenvalue weighted by atomic mass is 16.7. The number of ether oxygens (including phenoxy) is 2. The van der Waals surface area contributed by atoms with Gasteiger partial charge in [0.2, 0.25) is 0 Å². The van der Waals surface area contributed by atoms with E-state index in [1.165, 1.54) is 0 Å². The molecule has 3 rings (SSSR count). The second-order valence-electron chi connectivity index (χ2n) is 9.34. The van der Waals surface area contributed by atoms with Gasteiger partial charge >= 0.3 is 0 Å². The van der Waals surface area contributed by atoms with Crippen LogP contribution in [0.5, 0.6) is 0 Å². The molecule has 0 aromatic carbocycles. The topological polar surface area (TPSA) is 96.2 Å². The first-order chi connectivity index (χ1) is 12.5. The molecule has 2 saturated carbocycles. The lowest BCUT2D eigenvalue weighted by atomic mass is 9.62. The van der Waals surface area contributed by atoms with Crippen LogP contribution in [0, 0.1) is 17.3 Å². The molecule has 0 bridgehead atoms. The van der Waals surface area contributed by atoms with Gasteiger partial charge in [0.1, 0.15) is 18.3 Å². The molecule has 0 amide bonds. The standard InChI is InChI=1S/C21H34O6/c1-11-6-7-15(22)12(2)21(11)9-8-14(10-21)20(4,5)27-19-18(25)17(24)16(23)13(3)26-19/h11,13-14,16-19,23-25H,2,6-10H2,1,3-5H3. The zero-order valence-corrected chi connectivity index (χ0v) is 16.9. The third kappa shape index (κ3) is 3.51. The molecule has 27 heavy (non-hydrogen) atoms. The Bertz CT molecular complexity index is 601. The molecule has 154 valence electrons. The average molecular weight is 382 g/mol. The van der Waals surface area contributed by atoms with E-state index in [0.717, 1.165) is 31.3 Å². The number of hydrogen-bond acceptors (Lipinski definition) is 6. The second kappa shape index (κ2) is 7.23. The lowest BCUT2D eigenvalue weighted by Gasteiger charge is -2.45. The highest BCUT2D eigenvalue weighted by Gasteiger charge is 2.53. The molecule has 0 aromatic heterocycles. The van der Waals surface area contributed by atoms with Crippen molar-refractivity contribution in [2.24, 2.45) is 17.3 Å². The molecule has 8 atom stereocenters. The number of rotatable bonds is 3. The maximum Gasteiger partial charge on any atom is 0.187 e. The molecule has 3 N–H and O–H groups in total. The number of carbonyl (C=O) groups excluding carboxylic acids is 1. The van der Waals surface area contributed by atoms with Crippen LogP contribution in [0.3, 0.4) is 0 Å². The highest BCUT2D eigenvalue weighted by molar-refractivity contribution is 5.97. The Morgan fingerprint density at radius 2 is 1.81 bits per heavy atom. The summed E-state index contributed by atoms with van der Waals surface area (Å²) in [6, 6.07) is 0. The van der Waals surface area contributed by atoms with Crippen molar-refractivity contribution in [2.45, 2.75) is 96.1 Å². The molecule has 1 heterocycles. The zero-order chi connectivity index (χ0) is 20.1. The SMILES string of the molecule is C=C1C(=O)CCC(C)C12CCC(C(C)(C)OC1OC(C)C(O)C(O)C1O)C2. The number of allylic oxidation sites excluding steroid dienone is 1. The molecule has 1 saturated heterocycles. The van der Waals surface area contributed by atoms with Crippen molar-refractivity contribution in [2.75, 3.05) is 0 Å². The molecule has 6 nitrogen and oxygen atoms in total. The molecule has 0 aromatic rings. The van der Waals surface area contributed by atoms with E-state index in [4.69, 9.17) is 9.47 Å². The van der Waals surface area contributed by atoms with E-state index in [1.807, 2.05) is 13.8 Å². The summed E-state index contributed by atoms with van der Waals surface area (Å²) < 4.78 is 11.8. The van der Waals surface area contributed by atoms with Crippen molar-refractivity contribution >= 4 is 5.78 Å². The lowest BCUT2D eigenvalue weighted by molar-refractivity contribution is -0.322. The van der Waals surface area contributed by atoms with Gasteiger partial charge in [0.05, 0.1) is 11.7 Å². The molecule has 1 spiro atoms. The summed E-state index contributed by atoms with van der Waals surface area (Å²) >= 11 is 0. The maximum atomic E-state index is 12.3. The van der Waals surface area contributed by atoms with Gasteiger partial charge in [0, 0.05) is 11.8 Å². The maximum absolute atomic E-state index is 12.3. The fourth-order valence-corrected chi connectivity index (χ4v) is 5.25. The zero-order valence-electron chi connectivity index (χ0n) is 16.9. The van der Waals surface area contributed by atoms with E-state index in [2.05, 4.69) is 13.5 Å². The van der Waals surface area contributed by atoms with Gasteiger partial charge in [-0.3, -0.25) is 4.79 Å². The number of aliphatic hydroxyl groups is 3. The van der Waals surface area contributed by atoms with E-state index >= 15 is 0 Å². The van der Waals surface area contributed by atoms with Crippen LogP contribution in [0.25, 0.3) is 0 Å². The minimum Gasteiger partial charge on any atom is -0.388 e. The summed E-state index contributed by atoms with van der Waals surface area (Å²) in [5.41, 5.74) is -0.00628. The fraction of sp³-hybridized carbons (Fsp3) is 0.857. The Labute approximate surface area is 161 Å². The van der Waals surface area contributed by atoms with Gasteiger partial charge < -0.3 is 24.8 Å². The fourth-order valence-electron chi connectivity index (χ4n) is 5.25. The van der Waals surface area contributed by atoms with Crippen LogP contribution in [0.1, 0.15) is 59.8 Å². The van der Waals surface area contributed by atoms with Crippen molar-refractivity contribution in [1.82, 2.24) is 0 Å². The molecule has 2 aliphatic carbocycles. The summed E-state index contributed by atoms with van der Waals surface area (Å²) in [4.78, 5) is 12.3. The van der Waals surface area contributed by atoms with Gasteiger partial charge in [-0.05, 0) is 63.9 Å². The van der Waals surface area contributed by atoms with Crippen molar-refractivity contribution in [3.8, 4) is 0 Å². The third-order valence-electron chi connectivity index (χ3n) is 7.45. The summed E-state index contributed by atoms with van der Waals surface area (Å²) in [7, 11) is 0. The van der Waals surface area contributed by atoms with Gasteiger partial charge in [-0.1, -0.05) is 13.5 Å². The summed E-state index contributed by atoms with van der Waals surface area (Å²) in [5.74, 6) is 0.777. The van der Waals surface area contributed by atoms with E-state index in [1.54, 1.807) is 6.92 Å². The van der Waals surface area contributed by atoms with Gasteiger partial charge in [-0.25, -0.2) is 0 Å². The van der Waals surface area contributed by atoms with Crippen LogP contribution in [-0.4, -0.2) is 57.4 Å². The normalized spacial score (nSPS) is 46.3. The number of aliphatic hydroxyl groups excluding tert-OH is 3. The molecule has 3 aliphatic rings. The summed E-state index contributed by atoms with van der Waals surface area (Å²) in [6.45, 7) is 11.9. The van der Waals surface area contributed by atoms with E-state index < -0.39 is 36.3 Å². The van der Waals surface area contributed by atoms with Crippen molar-refractivity contribution < 1.29 is 29.6 Å². The first kappa shape index (κ1) is 20.9. The van der Waals surface area contributed by atoms with Crippen LogP contribution in [0.2, 0.25) is 0 Å². The van der Waals surface area contributed by atoms with Gasteiger partial charge in [0.15, 0.2) is 12.1 Å². The predicted octanol–water partition coefficient (Wildman–Crippen LogP) is 1.95. The molecular formula is C21H34O6. The lowest BCUT2D eigenvalue weighted by Crippen LogP contribution is -2.59. The van der Waals surface area contributed by atoms with Gasteiger partial charge in [-0.2, -0.15) is 0 Å². The quantitative estimate of drug-likeness (QED) is 0.646. The average Bonchev–Trinajstić information content (AvgIpc) is 3.07. The molecule has 1 aliphatic heterocycles. The number of carbonyl (C=O) groups is 1. The van der Waals surface area contributed by atoms with Crippen LogP contribution in [0.4, 0.5) is 0 Å². The smallest absolute Gasteiger partial charge is 0.187 e. The monoisotopic (exact) mass is 382 g/mol. The second-order valence-corrected chi connectivity index (χ2v) is 9.34. The summed E-state index contributed by atoms with van der Waals surface area (Å²) in [5, 5.41) is 30.2. The van der Waals surface area contributed by atoms with Crippen LogP contribution < -0.4 is 0 Å². The molecule has 6 heteroatoms. The Hall–Kier alpha value is -0.790. The van der Waals surface area contributed by atoms with E-state index in [-0.39, 0.29) is 17.1 Å². The molecule has 8 unspecified atom stereocenters. The largest absolute Gasteiger partial charge is 0.388 e. The predicted molar refractivity (Wildman–Crippen MR) is 99.8 cm³/mol. The Morgan fingerprint density at radius 1 is 1.15 bits per heavy atom. The van der Waals surface area contributed by atoms with Gasteiger partial charge in [0.25, 0.3) is 0 Å². The molecular weight excluding hydrogens is 348 g/mol. The number of ketones is 1. The first-order valence-corrected chi connectivity index (χ1v) is 10.1. The van der Waals surface area contributed by atoms with Crippen molar-refractivity contribution in [3.05, 3.63) is 12.2 Å². The van der Waals surface area contributed by atoms with Crippen molar-refractivity contribution in [1.29, 1.82) is 0 Å². The van der Waals surface area contributed by atoms with E-state index in [0.29, 0.717) is 12.3 Å². The van der Waals surface area contributed by atoms with Crippen LogP contribution in [0.15, 0.2) is 12.2 Å². The van der Waals surface area contributed by atoms with E-state index in [9.17, 15) is 20.1 Å². The highest BCUT2D eigenvalue weighted by Crippen LogP contribution is 2.58. The Morgan fingerprint density at radius 3 is 2.48 bits per heavy atom. The van der Waals surface area contributed by atoms with Gasteiger partial charge in [-0.15, -0.1) is 0 Å². The first-order valence-electron chi connectivity index (χ1n) is 10.1. The molecule has 0 radical (unpaired) electrons. The van der Waals surface area contributed by atoms with Crippen molar-refractivity contribution in [3.63, 3.8) is 0 Å². The minimum absolute atomic E-state index is 0.157. The number of hydrogen-bond donors (Lipinski definition) is 3. The van der Waals surface area contributed by atoms with Crippen LogP contribution in [-0.2, 0) is 14.3 Å². The minimum atomic E-state index is -1.31. The Kier molecular flexibility index (Phi) is 5.60. The number of Topliss-reactive ketones (excluding diaryl/α,β-unsaturated/α-hetero) is 1. The summed E-state index contributed by atoms with van der Waals surface area (Å²) in [6.07, 6.45) is -1.24.